The Labute approximate surface area is 191 Å². The van der Waals surface area contributed by atoms with Crippen LogP contribution in [-0.4, -0.2) is 51.1 Å². The minimum atomic E-state index is -0.392. The maximum Gasteiger partial charge on any atom is 0.225 e. The number of nitrogens with zero attached hydrogens (tertiary/aromatic N) is 2. The van der Waals surface area contributed by atoms with E-state index in [0.29, 0.717) is 24.7 Å². The molecule has 1 aliphatic heterocycles. The average Bonchev–Trinajstić information content (AvgIpc) is 2.65. The number of carbonyl (C=O) groups is 1. The van der Waals surface area contributed by atoms with Gasteiger partial charge in [-0.2, -0.15) is 0 Å². The summed E-state index contributed by atoms with van der Waals surface area (Å²) < 4.78 is 14.2. The minimum absolute atomic E-state index is 0. The first-order valence-electron chi connectivity index (χ1n) is 9.97. The van der Waals surface area contributed by atoms with Crippen LogP contribution in [0.25, 0.3) is 0 Å². The van der Waals surface area contributed by atoms with Crippen molar-refractivity contribution >= 4 is 41.5 Å². The summed E-state index contributed by atoms with van der Waals surface area (Å²) in [5.41, 5.74) is 1.33. The molecule has 1 saturated heterocycles. The Bertz CT molecular complexity index is 705. The number of rotatable bonds is 5. The molecular weight excluding hydrogens is 484 g/mol. The lowest BCUT2D eigenvalue weighted by Crippen LogP contribution is -2.52. The van der Waals surface area contributed by atoms with E-state index in [4.69, 9.17) is 0 Å². The SMILES string of the molecule is CN=C(NCCNC(=O)C(C)(C)C)NC1CCCN(c2cc(C)ccc2F)C1.I. The number of halogens is 2. The van der Waals surface area contributed by atoms with Gasteiger partial charge in [0, 0.05) is 44.7 Å². The molecule has 0 aromatic heterocycles. The van der Waals surface area contributed by atoms with Crippen LogP contribution in [0.5, 0.6) is 0 Å². The molecule has 0 aliphatic carbocycles. The highest BCUT2D eigenvalue weighted by Gasteiger charge is 2.23. The molecule has 1 aromatic carbocycles. The lowest BCUT2D eigenvalue weighted by molar-refractivity contribution is -0.128. The molecule has 1 heterocycles. The molecule has 29 heavy (non-hydrogen) atoms. The molecule has 1 aromatic rings. The molecule has 0 saturated carbocycles. The zero-order valence-corrected chi connectivity index (χ0v) is 20.5. The number of carbonyl (C=O) groups excluding carboxylic acids is 1. The lowest BCUT2D eigenvalue weighted by atomic mass is 9.96. The van der Waals surface area contributed by atoms with Crippen molar-refractivity contribution < 1.29 is 9.18 Å². The summed E-state index contributed by atoms with van der Waals surface area (Å²) in [6, 6.07) is 5.42. The Hall–Kier alpha value is -1.58. The molecule has 1 aliphatic rings. The van der Waals surface area contributed by atoms with Crippen LogP contribution in [0.1, 0.15) is 39.2 Å². The molecule has 1 fully saturated rings. The van der Waals surface area contributed by atoms with E-state index < -0.39 is 5.41 Å². The summed E-state index contributed by atoms with van der Waals surface area (Å²) in [6.45, 7) is 10.3. The van der Waals surface area contributed by atoms with Gasteiger partial charge in [-0.3, -0.25) is 9.79 Å². The van der Waals surface area contributed by atoms with Gasteiger partial charge in [0.2, 0.25) is 5.91 Å². The van der Waals surface area contributed by atoms with Crippen molar-refractivity contribution in [2.75, 3.05) is 38.1 Å². The Morgan fingerprint density at radius 3 is 2.62 bits per heavy atom. The fourth-order valence-corrected chi connectivity index (χ4v) is 3.19. The van der Waals surface area contributed by atoms with E-state index in [2.05, 4.69) is 25.8 Å². The van der Waals surface area contributed by atoms with Crippen molar-refractivity contribution in [2.24, 2.45) is 10.4 Å². The molecule has 0 radical (unpaired) electrons. The topological polar surface area (TPSA) is 68.8 Å². The number of hydrogen-bond donors (Lipinski definition) is 3. The van der Waals surface area contributed by atoms with Crippen molar-refractivity contribution in [3.05, 3.63) is 29.6 Å². The lowest BCUT2D eigenvalue weighted by Gasteiger charge is -2.35. The second kappa shape index (κ2) is 11.6. The predicted molar refractivity (Wildman–Crippen MR) is 129 cm³/mol. The minimum Gasteiger partial charge on any atom is -0.367 e. The monoisotopic (exact) mass is 519 g/mol. The Morgan fingerprint density at radius 2 is 1.97 bits per heavy atom. The number of benzene rings is 1. The van der Waals surface area contributed by atoms with Crippen LogP contribution in [-0.2, 0) is 4.79 Å². The third-order valence-corrected chi connectivity index (χ3v) is 4.81. The van der Waals surface area contributed by atoms with Crippen molar-refractivity contribution in [3.8, 4) is 0 Å². The maximum atomic E-state index is 14.2. The van der Waals surface area contributed by atoms with Crippen molar-refractivity contribution in [1.82, 2.24) is 16.0 Å². The van der Waals surface area contributed by atoms with Gasteiger partial charge < -0.3 is 20.9 Å². The first-order valence-corrected chi connectivity index (χ1v) is 9.97. The highest BCUT2D eigenvalue weighted by atomic mass is 127. The molecule has 1 amide bonds. The summed E-state index contributed by atoms with van der Waals surface area (Å²) in [6.07, 6.45) is 2.00. The van der Waals surface area contributed by atoms with Gasteiger partial charge in [-0.15, -0.1) is 24.0 Å². The van der Waals surface area contributed by atoms with Gasteiger partial charge in [-0.1, -0.05) is 26.8 Å². The second-order valence-electron chi connectivity index (χ2n) is 8.39. The maximum absolute atomic E-state index is 14.2. The fourth-order valence-electron chi connectivity index (χ4n) is 3.19. The van der Waals surface area contributed by atoms with Gasteiger partial charge >= 0.3 is 0 Å². The van der Waals surface area contributed by atoms with Gasteiger partial charge in [-0.05, 0) is 37.5 Å². The van der Waals surface area contributed by atoms with E-state index in [0.717, 1.165) is 31.5 Å². The summed E-state index contributed by atoms with van der Waals surface area (Å²) in [7, 11) is 1.73. The number of amides is 1. The normalized spacial score (nSPS) is 17.4. The quantitative estimate of drug-likeness (QED) is 0.242. The van der Waals surface area contributed by atoms with Gasteiger partial charge in [0.25, 0.3) is 0 Å². The van der Waals surface area contributed by atoms with Crippen LogP contribution >= 0.6 is 24.0 Å². The van der Waals surface area contributed by atoms with E-state index in [1.54, 1.807) is 13.1 Å². The summed E-state index contributed by atoms with van der Waals surface area (Å²) in [5, 5.41) is 9.56. The Morgan fingerprint density at radius 1 is 1.28 bits per heavy atom. The molecule has 6 nitrogen and oxygen atoms in total. The molecule has 0 spiro atoms. The first kappa shape index (κ1) is 25.5. The number of guanidine groups is 1. The number of hydrogen-bond acceptors (Lipinski definition) is 3. The number of anilines is 1. The standard InChI is InChI=1S/C21H34FN5O.HI/c1-15-8-9-17(22)18(13-15)27-12-6-7-16(14-27)26-20(23-5)25-11-10-24-19(28)21(2,3)4;/h8-9,13,16H,6-7,10-12,14H2,1-5H3,(H,24,28)(H2,23,25,26);1H. The fraction of sp³-hybridized carbons (Fsp3) is 0.619. The average molecular weight is 519 g/mol. The van der Waals surface area contributed by atoms with Crippen molar-refractivity contribution in [3.63, 3.8) is 0 Å². The van der Waals surface area contributed by atoms with E-state index in [1.165, 1.54) is 6.07 Å². The Balaban J connectivity index is 0.00000420. The highest BCUT2D eigenvalue weighted by molar-refractivity contribution is 14.0. The summed E-state index contributed by atoms with van der Waals surface area (Å²) in [4.78, 5) is 18.3. The van der Waals surface area contributed by atoms with Gasteiger partial charge in [-0.25, -0.2) is 4.39 Å². The molecule has 0 bridgehead atoms. The first-order chi connectivity index (χ1) is 13.2. The van der Waals surface area contributed by atoms with Crippen LogP contribution in [0.15, 0.2) is 23.2 Å². The third-order valence-electron chi connectivity index (χ3n) is 4.81. The predicted octanol–water partition coefficient (Wildman–Crippen LogP) is 3.05. The van der Waals surface area contributed by atoms with E-state index in [9.17, 15) is 9.18 Å². The number of nitrogens with one attached hydrogen (secondary N) is 3. The number of piperidine rings is 1. The zero-order valence-electron chi connectivity index (χ0n) is 18.1. The molecule has 1 atom stereocenters. The van der Waals surface area contributed by atoms with Crippen LogP contribution in [0.4, 0.5) is 10.1 Å². The molecule has 8 heteroatoms. The number of aryl methyl sites for hydroxylation is 1. The van der Waals surface area contributed by atoms with Crippen LogP contribution in [0.3, 0.4) is 0 Å². The summed E-state index contributed by atoms with van der Waals surface area (Å²) >= 11 is 0. The van der Waals surface area contributed by atoms with Crippen LogP contribution in [0, 0.1) is 18.2 Å². The molecule has 3 N–H and O–H groups in total. The third kappa shape index (κ3) is 7.98. The van der Waals surface area contributed by atoms with E-state index in [1.807, 2.05) is 33.8 Å². The van der Waals surface area contributed by atoms with Crippen molar-refractivity contribution in [1.29, 1.82) is 0 Å². The zero-order chi connectivity index (χ0) is 20.7. The van der Waals surface area contributed by atoms with Gasteiger partial charge in [0.05, 0.1) is 5.69 Å². The van der Waals surface area contributed by atoms with Gasteiger partial charge in [0.15, 0.2) is 5.96 Å². The molecule has 164 valence electrons. The van der Waals surface area contributed by atoms with E-state index >= 15 is 0 Å². The molecule has 1 unspecified atom stereocenters. The smallest absolute Gasteiger partial charge is 0.225 e. The van der Waals surface area contributed by atoms with Crippen molar-refractivity contribution in [2.45, 2.75) is 46.6 Å². The van der Waals surface area contributed by atoms with Crippen LogP contribution in [0.2, 0.25) is 0 Å². The number of aliphatic imine (C=N–C) groups is 1. The second-order valence-corrected chi connectivity index (χ2v) is 8.39. The molecule has 2 rings (SSSR count). The Kier molecular flexibility index (Phi) is 10.2. The van der Waals surface area contributed by atoms with E-state index in [-0.39, 0.29) is 41.7 Å². The van der Waals surface area contributed by atoms with Crippen LogP contribution < -0.4 is 20.9 Å². The summed E-state index contributed by atoms with van der Waals surface area (Å²) in [5.74, 6) is 0.547. The largest absolute Gasteiger partial charge is 0.367 e. The van der Waals surface area contributed by atoms with Gasteiger partial charge in [0.1, 0.15) is 5.82 Å². The highest BCUT2D eigenvalue weighted by Crippen LogP contribution is 2.24. The molecular formula is C21H35FIN5O.